The maximum atomic E-state index is 13.1. The number of carbonyl (C=O) groups is 4. The summed E-state index contributed by atoms with van der Waals surface area (Å²) in [5.41, 5.74) is 0. The fourth-order valence-corrected chi connectivity index (χ4v) is 13.3. The molecule has 17 nitrogen and oxygen atoms in total. The van der Waals surface area contributed by atoms with Crippen LogP contribution >= 0.6 is 15.6 Å². The van der Waals surface area contributed by atoms with Crippen LogP contribution in [-0.4, -0.2) is 96.7 Å². The molecular weight excluding hydrogens is 1260 g/mol. The molecule has 0 spiro atoms. The van der Waals surface area contributed by atoms with Crippen LogP contribution < -0.4 is 0 Å². The quantitative estimate of drug-likeness (QED) is 0.0222. The third-order valence-corrected chi connectivity index (χ3v) is 20.1. The van der Waals surface area contributed by atoms with E-state index < -0.39 is 97.5 Å². The van der Waals surface area contributed by atoms with Gasteiger partial charge in [0.15, 0.2) is 12.2 Å². The molecule has 0 aliphatic heterocycles. The molecule has 0 aromatic rings. The Morgan fingerprint density at radius 2 is 0.531 bits per heavy atom. The number of unbranched alkanes of at least 4 members (excludes halogenated alkanes) is 42. The Morgan fingerprint density at radius 3 is 0.792 bits per heavy atom. The third-order valence-electron chi connectivity index (χ3n) is 18.2. The largest absolute Gasteiger partial charge is 0.472 e. The van der Waals surface area contributed by atoms with Crippen molar-refractivity contribution in [3.63, 3.8) is 0 Å². The van der Waals surface area contributed by atoms with E-state index in [1.807, 2.05) is 0 Å². The van der Waals surface area contributed by atoms with Crippen LogP contribution in [0.1, 0.15) is 395 Å². The highest BCUT2D eigenvalue weighted by atomic mass is 31.2. The number of phosphoric ester groups is 2. The number of hydrogen-bond acceptors (Lipinski definition) is 15. The Bertz CT molecular complexity index is 1870. The van der Waals surface area contributed by atoms with Crippen molar-refractivity contribution < 1.29 is 80.2 Å². The molecular formula is C77H150O17P2. The average Bonchev–Trinajstić information content (AvgIpc) is 1.32. The van der Waals surface area contributed by atoms with E-state index in [9.17, 15) is 43.2 Å². The minimum absolute atomic E-state index is 0.107. The molecule has 6 atom stereocenters. The molecule has 3 N–H and O–H groups in total. The molecule has 0 bridgehead atoms. The van der Waals surface area contributed by atoms with E-state index in [0.717, 1.165) is 108 Å². The highest BCUT2D eigenvalue weighted by Crippen LogP contribution is 2.45. The Balaban J connectivity index is 5.25. The van der Waals surface area contributed by atoms with Gasteiger partial charge in [0, 0.05) is 25.7 Å². The summed E-state index contributed by atoms with van der Waals surface area (Å²) in [5.74, 6) is 0.239. The van der Waals surface area contributed by atoms with E-state index in [1.165, 1.54) is 205 Å². The maximum Gasteiger partial charge on any atom is 0.472 e. The Kier molecular flexibility index (Phi) is 66.2. The SMILES string of the molecule is CCCCCCCCCCCCCCC(=O)O[C@H](COC(=O)CCCCCCCCCCC(C)C)COP(=O)(O)OC[C@H](O)COP(=O)(O)OC[C@@H](COC(=O)CCCCCCCCCCCCCCC(C)C)OC(=O)CCCCCCCCCCCCCCCCC(C)CC. The number of rotatable bonds is 75. The molecule has 0 saturated carbocycles. The van der Waals surface area contributed by atoms with Gasteiger partial charge in [-0.3, -0.25) is 37.3 Å². The van der Waals surface area contributed by atoms with Gasteiger partial charge in [-0.05, 0) is 43.4 Å². The fraction of sp³-hybridized carbons (Fsp3) is 0.948. The Labute approximate surface area is 588 Å². The molecule has 570 valence electrons. The first-order chi connectivity index (χ1) is 46.3. The summed E-state index contributed by atoms with van der Waals surface area (Å²) in [6.07, 6.45) is 54.0. The van der Waals surface area contributed by atoms with Gasteiger partial charge < -0.3 is 33.8 Å². The van der Waals surface area contributed by atoms with Crippen LogP contribution in [0.25, 0.3) is 0 Å². The zero-order valence-electron chi connectivity index (χ0n) is 62.8. The van der Waals surface area contributed by atoms with Crippen molar-refractivity contribution in [2.24, 2.45) is 17.8 Å². The predicted molar refractivity (Wildman–Crippen MR) is 391 cm³/mol. The lowest BCUT2D eigenvalue weighted by Gasteiger charge is -2.21. The summed E-state index contributed by atoms with van der Waals surface area (Å²) in [7, 11) is -9.91. The molecule has 0 saturated heterocycles. The Hall–Kier alpha value is -1.94. The second kappa shape index (κ2) is 67.5. The predicted octanol–water partition coefficient (Wildman–Crippen LogP) is 22.6. The second-order valence-electron chi connectivity index (χ2n) is 28.9. The maximum absolute atomic E-state index is 13.1. The molecule has 0 rings (SSSR count). The first-order valence-electron chi connectivity index (χ1n) is 39.9. The molecule has 0 radical (unpaired) electrons. The van der Waals surface area contributed by atoms with Crippen molar-refractivity contribution >= 4 is 39.5 Å². The molecule has 3 unspecified atom stereocenters. The Morgan fingerprint density at radius 1 is 0.302 bits per heavy atom. The van der Waals surface area contributed by atoms with Crippen molar-refractivity contribution in [1.82, 2.24) is 0 Å². The van der Waals surface area contributed by atoms with E-state index in [2.05, 4.69) is 48.5 Å². The van der Waals surface area contributed by atoms with Gasteiger partial charge in [0.2, 0.25) is 0 Å². The number of ether oxygens (including phenoxy) is 4. The summed E-state index contributed by atoms with van der Waals surface area (Å²) in [5, 5.41) is 10.6. The molecule has 0 fully saturated rings. The van der Waals surface area contributed by atoms with Crippen molar-refractivity contribution in [2.75, 3.05) is 39.6 Å². The first kappa shape index (κ1) is 94.1. The molecule has 0 aliphatic carbocycles. The van der Waals surface area contributed by atoms with Crippen LogP contribution in [0.2, 0.25) is 0 Å². The number of carbonyl (C=O) groups excluding carboxylic acids is 4. The highest BCUT2D eigenvalue weighted by molar-refractivity contribution is 7.47. The molecule has 19 heteroatoms. The van der Waals surface area contributed by atoms with E-state index in [1.54, 1.807) is 0 Å². The molecule has 0 amide bonds. The summed E-state index contributed by atoms with van der Waals surface area (Å²) in [6.45, 7) is 11.9. The van der Waals surface area contributed by atoms with Crippen LogP contribution in [0.15, 0.2) is 0 Å². The minimum Gasteiger partial charge on any atom is -0.462 e. The highest BCUT2D eigenvalue weighted by Gasteiger charge is 2.30. The summed E-state index contributed by atoms with van der Waals surface area (Å²) in [6, 6.07) is 0. The van der Waals surface area contributed by atoms with Crippen LogP contribution in [-0.2, 0) is 65.4 Å². The van der Waals surface area contributed by atoms with Gasteiger partial charge in [0.1, 0.15) is 19.3 Å². The van der Waals surface area contributed by atoms with Gasteiger partial charge in [-0.1, -0.05) is 344 Å². The van der Waals surface area contributed by atoms with Gasteiger partial charge >= 0.3 is 39.5 Å². The van der Waals surface area contributed by atoms with Crippen LogP contribution in [0, 0.1) is 17.8 Å². The lowest BCUT2D eigenvalue weighted by atomic mass is 9.99. The molecule has 0 aliphatic rings. The lowest BCUT2D eigenvalue weighted by molar-refractivity contribution is -0.161. The van der Waals surface area contributed by atoms with Gasteiger partial charge in [0.25, 0.3) is 0 Å². The van der Waals surface area contributed by atoms with Gasteiger partial charge in [-0.15, -0.1) is 0 Å². The van der Waals surface area contributed by atoms with Crippen molar-refractivity contribution in [3.05, 3.63) is 0 Å². The topological polar surface area (TPSA) is 237 Å². The summed E-state index contributed by atoms with van der Waals surface area (Å²) in [4.78, 5) is 72.9. The summed E-state index contributed by atoms with van der Waals surface area (Å²) < 4.78 is 68.6. The van der Waals surface area contributed by atoms with E-state index in [-0.39, 0.29) is 25.7 Å². The standard InChI is InChI=1S/C77H150O17P2/c1-8-10-11-12-13-14-15-24-30-39-46-53-60-76(81)94-73(65-88-75(80)59-52-45-38-33-32-35-42-49-56-69(5)6)67-92-96(85,86)90-63-71(78)62-89-95(83,84)91-66-72(64-87-74(79)58-51-44-37-29-25-21-20-22-27-34-41-48-55-68(3)4)93-77(82)61-54-47-40-31-26-19-17-16-18-23-28-36-43-50-57-70(7)9-2/h68-73,78H,8-67H2,1-7H3,(H,83,84)(H,85,86)/t70?,71-,72-,73-/m1/s1. The molecule has 0 heterocycles. The fourth-order valence-electron chi connectivity index (χ4n) is 11.7. The summed E-state index contributed by atoms with van der Waals surface area (Å²) >= 11 is 0. The minimum atomic E-state index is -4.96. The molecule has 0 aromatic heterocycles. The van der Waals surface area contributed by atoms with Gasteiger partial charge in [-0.25, -0.2) is 9.13 Å². The first-order valence-corrected chi connectivity index (χ1v) is 42.9. The normalized spacial score (nSPS) is 14.3. The average molecular weight is 1410 g/mol. The number of aliphatic hydroxyl groups is 1. The third kappa shape index (κ3) is 69.2. The lowest BCUT2D eigenvalue weighted by Crippen LogP contribution is -2.30. The van der Waals surface area contributed by atoms with E-state index >= 15 is 0 Å². The van der Waals surface area contributed by atoms with Crippen LogP contribution in [0.5, 0.6) is 0 Å². The van der Waals surface area contributed by atoms with Crippen molar-refractivity contribution in [1.29, 1.82) is 0 Å². The number of hydrogen-bond donors (Lipinski definition) is 3. The van der Waals surface area contributed by atoms with Crippen molar-refractivity contribution in [2.45, 2.75) is 414 Å². The zero-order valence-corrected chi connectivity index (χ0v) is 64.6. The van der Waals surface area contributed by atoms with Gasteiger partial charge in [0.05, 0.1) is 26.4 Å². The monoisotopic (exact) mass is 1410 g/mol. The smallest absolute Gasteiger partial charge is 0.462 e. The van der Waals surface area contributed by atoms with Crippen LogP contribution in [0.4, 0.5) is 0 Å². The van der Waals surface area contributed by atoms with Crippen molar-refractivity contribution in [3.8, 4) is 0 Å². The van der Waals surface area contributed by atoms with Gasteiger partial charge in [-0.2, -0.15) is 0 Å². The zero-order chi connectivity index (χ0) is 70.9. The van der Waals surface area contributed by atoms with E-state index in [4.69, 9.17) is 37.0 Å². The second-order valence-corrected chi connectivity index (χ2v) is 31.8. The molecule has 0 aromatic carbocycles. The molecule has 96 heavy (non-hydrogen) atoms. The van der Waals surface area contributed by atoms with E-state index in [0.29, 0.717) is 25.7 Å². The van der Waals surface area contributed by atoms with Crippen LogP contribution in [0.3, 0.4) is 0 Å². The number of esters is 4. The number of aliphatic hydroxyl groups excluding tert-OH is 1. The number of phosphoric acid groups is 2.